The first-order valence-corrected chi connectivity index (χ1v) is 5.80. The summed E-state index contributed by atoms with van der Waals surface area (Å²) in [6, 6.07) is 8.09. The predicted molar refractivity (Wildman–Crippen MR) is 73.1 cm³/mol. The highest BCUT2D eigenvalue weighted by molar-refractivity contribution is 6.44. The molecule has 0 radical (unpaired) electrons. The van der Waals surface area contributed by atoms with Gasteiger partial charge in [-0.2, -0.15) is 0 Å². The average Bonchev–Trinajstić information content (AvgIpc) is 2.35. The number of carbonyl (C=O) groups is 1. The highest BCUT2D eigenvalue weighted by Gasteiger charge is 2.12. The number of anilines is 2. The number of halogens is 2. The number of aromatic nitrogens is 1. The van der Waals surface area contributed by atoms with E-state index >= 15 is 0 Å². The van der Waals surface area contributed by atoms with Crippen molar-refractivity contribution in [1.82, 2.24) is 4.98 Å². The van der Waals surface area contributed by atoms with E-state index in [-0.39, 0.29) is 10.9 Å². The Morgan fingerprint density at radius 1 is 1.22 bits per heavy atom. The molecule has 92 valence electrons. The molecule has 0 aliphatic heterocycles. The molecule has 6 heteroatoms. The molecule has 4 nitrogen and oxygen atoms in total. The van der Waals surface area contributed by atoms with Gasteiger partial charge in [0, 0.05) is 0 Å². The van der Waals surface area contributed by atoms with Crippen LogP contribution in [0.4, 0.5) is 11.5 Å². The SMILES string of the molecule is Nc1ccc(NC(=O)c2cccc(Cl)c2Cl)nc1. The Morgan fingerprint density at radius 3 is 2.67 bits per heavy atom. The van der Waals surface area contributed by atoms with Gasteiger partial charge in [0.25, 0.3) is 5.91 Å². The van der Waals surface area contributed by atoms with Gasteiger partial charge in [-0.25, -0.2) is 4.98 Å². The Bertz CT molecular complexity index is 584. The minimum atomic E-state index is -0.375. The molecule has 0 saturated heterocycles. The zero-order valence-corrected chi connectivity index (χ0v) is 10.7. The lowest BCUT2D eigenvalue weighted by molar-refractivity contribution is 0.102. The van der Waals surface area contributed by atoms with Crippen molar-refractivity contribution in [2.24, 2.45) is 0 Å². The van der Waals surface area contributed by atoms with E-state index in [0.717, 1.165) is 0 Å². The van der Waals surface area contributed by atoms with Gasteiger partial charge in [0.1, 0.15) is 5.82 Å². The lowest BCUT2D eigenvalue weighted by Gasteiger charge is -2.07. The number of hydrogen-bond donors (Lipinski definition) is 2. The molecule has 18 heavy (non-hydrogen) atoms. The van der Waals surface area contributed by atoms with Gasteiger partial charge in [-0.05, 0) is 24.3 Å². The van der Waals surface area contributed by atoms with Crippen molar-refractivity contribution in [2.75, 3.05) is 11.1 Å². The molecule has 2 rings (SSSR count). The number of pyridine rings is 1. The Labute approximate surface area is 114 Å². The Hall–Kier alpha value is -1.78. The third-order valence-electron chi connectivity index (χ3n) is 2.22. The van der Waals surface area contributed by atoms with Gasteiger partial charge in [-0.3, -0.25) is 4.79 Å². The fourth-order valence-electron chi connectivity index (χ4n) is 1.34. The van der Waals surface area contributed by atoms with E-state index in [2.05, 4.69) is 10.3 Å². The molecule has 0 aliphatic rings. The smallest absolute Gasteiger partial charge is 0.258 e. The van der Waals surface area contributed by atoms with Crippen LogP contribution in [0.2, 0.25) is 10.0 Å². The summed E-state index contributed by atoms with van der Waals surface area (Å²) in [7, 11) is 0. The molecule has 1 aromatic heterocycles. The quantitative estimate of drug-likeness (QED) is 0.888. The number of benzene rings is 1. The molecular weight excluding hydrogens is 273 g/mol. The van der Waals surface area contributed by atoms with Gasteiger partial charge in [-0.15, -0.1) is 0 Å². The molecule has 3 N–H and O–H groups in total. The summed E-state index contributed by atoms with van der Waals surface area (Å²) in [5.41, 5.74) is 6.32. The largest absolute Gasteiger partial charge is 0.397 e. The zero-order valence-electron chi connectivity index (χ0n) is 9.15. The topological polar surface area (TPSA) is 68.0 Å². The lowest BCUT2D eigenvalue weighted by Crippen LogP contribution is -2.13. The normalized spacial score (nSPS) is 10.1. The maximum absolute atomic E-state index is 11.9. The molecule has 0 bridgehead atoms. The first-order chi connectivity index (χ1) is 8.58. The summed E-state index contributed by atoms with van der Waals surface area (Å²) in [4.78, 5) is 15.9. The van der Waals surface area contributed by atoms with Crippen molar-refractivity contribution in [3.63, 3.8) is 0 Å². The molecule has 1 heterocycles. The van der Waals surface area contributed by atoms with Crippen LogP contribution in [0.25, 0.3) is 0 Å². The summed E-state index contributed by atoms with van der Waals surface area (Å²) in [5, 5.41) is 3.15. The van der Waals surface area contributed by atoms with Crippen molar-refractivity contribution in [3.8, 4) is 0 Å². The predicted octanol–water partition coefficient (Wildman–Crippen LogP) is 3.22. The van der Waals surface area contributed by atoms with E-state index in [9.17, 15) is 4.79 Å². The highest BCUT2D eigenvalue weighted by atomic mass is 35.5. The number of nitrogens with two attached hydrogens (primary N) is 1. The third-order valence-corrected chi connectivity index (χ3v) is 3.04. The second-order valence-corrected chi connectivity index (χ2v) is 4.32. The van der Waals surface area contributed by atoms with Crippen LogP contribution < -0.4 is 11.1 Å². The van der Waals surface area contributed by atoms with Gasteiger partial charge in [-0.1, -0.05) is 29.3 Å². The van der Waals surface area contributed by atoms with E-state index in [0.29, 0.717) is 22.1 Å². The number of nitrogen functional groups attached to an aromatic ring is 1. The first kappa shape index (κ1) is 12.7. The summed E-state index contributed by atoms with van der Waals surface area (Å²) >= 11 is 11.8. The van der Waals surface area contributed by atoms with Crippen molar-refractivity contribution >= 4 is 40.6 Å². The standard InChI is InChI=1S/C12H9Cl2N3O/c13-9-3-1-2-8(11(9)14)12(18)17-10-5-4-7(15)6-16-10/h1-6H,15H2,(H,16,17,18). The van der Waals surface area contributed by atoms with Crippen LogP contribution in [0, 0.1) is 0 Å². The molecule has 0 atom stereocenters. The molecular formula is C12H9Cl2N3O. The van der Waals surface area contributed by atoms with E-state index in [1.165, 1.54) is 6.20 Å². The highest BCUT2D eigenvalue weighted by Crippen LogP contribution is 2.26. The number of rotatable bonds is 2. The van der Waals surface area contributed by atoms with Gasteiger partial charge in [0.15, 0.2) is 0 Å². The molecule has 0 aliphatic carbocycles. The second-order valence-electron chi connectivity index (χ2n) is 3.53. The zero-order chi connectivity index (χ0) is 13.1. The lowest BCUT2D eigenvalue weighted by atomic mass is 10.2. The summed E-state index contributed by atoms with van der Waals surface area (Å²) in [6.45, 7) is 0. The summed E-state index contributed by atoms with van der Waals surface area (Å²) < 4.78 is 0. The van der Waals surface area contributed by atoms with Gasteiger partial charge < -0.3 is 11.1 Å². The van der Waals surface area contributed by atoms with Crippen LogP contribution in [-0.4, -0.2) is 10.9 Å². The minimum absolute atomic E-state index is 0.215. The summed E-state index contributed by atoms with van der Waals surface area (Å²) in [5.74, 6) is 0.0185. The van der Waals surface area contributed by atoms with E-state index in [4.69, 9.17) is 28.9 Å². The van der Waals surface area contributed by atoms with Crippen LogP contribution in [-0.2, 0) is 0 Å². The monoisotopic (exact) mass is 281 g/mol. The van der Waals surface area contributed by atoms with E-state index < -0.39 is 0 Å². The second kappa shape index (κ2) is 5.25. The molecule has 0 unspecified atom stereocenters. The molecule has 1 amide bonds. The molecule has 2 aromatic rings. The van der Waals surface area contributed by atoms with Crippen molar-refractivity contribution in [1.29, 1.82) is 0 Å². The number of nitrogens with one attached hydrogen (secondary N) is 1. The van der Waals surface area contributed by atoms with Crippen LogP contribution in [0.3, 0.4) is 0 Å². The molecule has 0 fully saturated rings. The summed E-state index contributed by atoms with van der Waals surface area (Å²) in [6.07, 6.45) is 1.45. The molecule has 0 spiro atoms. The van der Waals surface area contributed by atoms with Gasteiger partial charge >= 0.3 is 0 Å². The van der Waals surface area contributed by atoms with Gasteiger partial charge in [0.2, 0.25) is 0 Å². The third kappa shape index (κ3) is 2.72. The van der Waals surface area contributed by atoms with Crippen LogP contribution >= 0.6 is 23.2 Å². The van der Waals surface area contributed by atoms with Crippen molar-refractivity contribution < 1.29 is 4.79 Å². The van der Waals surface area contributed by atoms with Crippen molar-refractivity contribution in [2.45, 2.75) is 0 Å². The Morgan fingerprint density at radius 2 is 2.00 bits per heavy atom. The fourth-order valence-corrected chi connectivity index (χ4v) is 1.73. The molecule has 1 aromatic carbocycles. The van der Waals surface area contributed by atoms with Crippen LogP contribution in [0.1, 0.15) is 10.4 Å². The molecule has 0 saturated carbocycles. The van der Waals surface area contributed by atoms with E-state index in [1.807, 2.05) is 0 Å². The van der Waals surface area contributed by atoms with Gasteiger partial charge in [0.05, 0.1) is 27.5 Å². The number of amides is 1. The van der Waals surface area contributed by atoms with Crippen molar-refractivity contribution in [3.05, 3.63) is 52.1 Å². The first-order valence-electron chi connectivity index (χ1n) is 5.05. The number of nitrogens with zero attached hydrogens (tertiary/aromatic N) is 1. The maximum Gasteiger partial charge on any atom is 0.258 e. The number of carbonyl (C=O) groups excluding carboxylic acids is 1. The van der Waals surface area contributed by atoms with Crippen LogP contribution in [0.15, 0.2) is 36.5 Å². The maximum atomic E-state index is 11.9. The number of hydrogen-bond acceptors (Lipinski definition) is 3. The Balaban J connectivity index is 2.22. The van der Waals surface area contributed by atoms with Crippen LogP contribution in [0.5, 0.6) is 0 Å². The fraction of sp³-hybridized carbons (Fsp3) is 0. The average molecular weight is 282 g/mol. The Kier molecular flexibility index (Phi) is 3.69. The van der Waals surface area contributed by atoms with E-state index in [1.54, 1.807) is 30.3 Å². The minimum Gasteiger partial charge on any atom is -0.397 e.